The second kappa shape index (κ2) is 7.86. The summed E-state index contributed by atoms with van der Waals surface area (Å²) < 4.78 is 40.0. The molecule has 5 nitrogen and oxygen atoms in total. The zero-order valence-electron chi connectivity index (χ0n) is 16.8. The first-order valence-electron chi connectivity index (χ1n) is 9.58. The van der Waals surface area contributed by atoms with Crippen molar-refractivity contribution in [2.75, 3.05) is 7.05 Å². The van der Waals surface area contributed by atoms with Gasteiger partial charge in [-0.15, -0.1) is 0 Å². The summed E-state index contributed by atoms with van der Waals surface area (Å²) in [6.45, 7) is 1.86. The van der Waals surface area contributed by atoms with Gasteiger partial charge in [-0.3, -0.25) is 14.3 Å². The summed E-state index contributed by atoms with van der Waals surface area (Å²) in [5, 5.41) is 0. The number of amides is 1. The van der Waals surface area contributed by atoms with Crippen molar-refractivity contribution >= 4 is 16.9 Å². The smallest absolute Gasteiger partial charge is 0.335 e. The Morgan fingerprint density at radius 2 is 1.71 bits per heavy atom. The number of halogens is 3. The third-order valence-corrected chi connectivity index (χ3v) is 5.31. The molecule has 2 heterocycles. The van der Waals surface area contributed by atoms with Gasteiger partial charge in [0.15, 0.2) is 0 Å². The molecular weight excluding hydrogens is 405 g/mol. The highest BCUT2D eigenvalue weighted by Gasteiger charge is 2.32. The van der Waals surface area contributed by atoms with Crippen molar-refractivity contribution in [3.63, 3.8) is 0 Å². The van der Waals surface area contributed by atoms with Gasteiger partial charge in [0.2, 0.25) is 0 Å². The number of alkyl halides is 3. The molecule has 1 amide bonds. The van der Waals surface area contributed by atoms with Crippen molar-refractivity contribution in [1.29, 1.82) is 0 Å². The molecule has 158 valence electrons. The van der Waals surface area contributed by atoms with Crippen molar-refractivity contribution in [2.24, 2.45) is 0 Å². The van der Waals surface area contributed by atoms with Gasteiger partial charge in [-0.25, -0.2) is 4.98 Å². The van der Waals surface area contributed by atoms with Gasteiger partial charge in [-0.05, 0) is 48.9 Å². The highest BCUT2D eigenvalue weighted by molar-refractivity contribution is 5.94. The molecule has 8 heteroatoms. The molecule has 2 aromatic heterocycles. The Balaban J connectivity index is 1.52. The predicted octanol–water partition coefficient (Wildman–Crippen LogP) is 5.27. The lowest BCUT2D eigenvalue weighted by Crippen LogP contribution is -2.29. The molecule has 0 N–H and O–H groups in total. The van der Waals surface area contributed by atoms with E-state index < -0.39 is 17.8 Å². The summed E-state index contributed by atoms with van der Waals surface area (Å²) >= 11 is 0. The molecule has 1 atom stereocenters. The molecule has 0 bridgehead atoms. The third-order valence-electron chi connectivity index (χ3n) is 5.31. The fraction of sp³-hybridized carbons (Fsp3) is 0.174. The number of nitrogens with zero attached hydrogens (tertiary/aromatic N) is 4. The maximum absolute atomic E-state index is 12.7. The number of hydrogen-bond donors (Lipinski definition) is 0. The molecule has 0 aliphatic rings. The van der Waals surface area contributed by atoms with Crippen LogP contribution in [0.25, 0.3) is 16.7 Å². The van der Waals surface area contributed by atoms with E-state index in [1.807, 2.05) is 60.0 Å². The molecule has 0 aliphatic carbocycles. The van der Waals surface area contributed by atoms with Crippen LogP contribution >= 0.6 is 0 Å². The average molecular weight is 424 g/mol. The average Bonchev–Trinajstić information content (AvgIpc) is 3.21. The SMILES string of the molecule is CC(c1ccc(-n2cnc3ccccc32)cc1)N(C)C(=O)c1ccc(C(F)(F)F)nc1. The monoisotopic (exact) mass is 424 g/mol. The number of benzene rings is 2. The Bertz CT molecular complexity index is 1210. The highest BCUT2D eigenvalue weighted by atomic mass is 19.4. The van der Waals surface area contributed by atoms with E-state index in [0.29, 0.717) is 0 Å². The van der Waals surface area contributed by atoms with Crippen LogP contribution in [0.3, 0.4) is 0 Å². The van der Waals surface area contributed by atoms with Crippen LogP contribution in [0, 0.1) is 0 Å². The second-order valence-electron chi connectivity index (χ2n) is 7.22. The number of fused-ring (bicyclic) bond motifs is 1. The van der Waals surface area contributed by atoms with Crippen LogP contribution in [0.2, 0.25) is 0 Å². The summed E-state index contributed by atoms with van der Waals surface area (Å²) in [6.07, 6.45) is -1.82. The molecule has 1 unspecified atom stereocenters. The van der Waals surface area contributed by atoms with Gasteiger partial charge < -0.3 is 4.90 Å². The van der Waals surface area contributed by atoms with Crippen LogP contribution in [0.1, 0.15) is 34.6 Å². The van der Waals surface area contributed by atoms with E-state index in [2.05, 4.69) is 9.97 Å². The molecule has 0 aliphatic heterocycles. The van der Waals surface area contributed by atoms with Gasteiger partial charge in [0.05, 0.1) is 22.6 Å². The lowest BCUT2D eigenvalue weighted by Gasteiger charge is -2.25. The quantitative estimate of drug-likeness (QED) is 0.448. The summed E-state index contributed by atoms with van der Waals surface area (Å²) in [6, 6.07) is 17.2. The van der Waals surface area contributed by atoms with Gasteiger partial charge in [-0.1, -0.05) is 24.3 Å². The fourth-order valence-corrected chi connectivity index (χ4v) is 3.37. The number of pyridine rings is 1. The number of carbonyl (C=O) groups excluding carboxylic acids is 1. The zero-order chi connectivity index (χ0) is 22.2. The maximum atomic E-state index is 12.7. The highest BCUT2D eigenvalue weighted by Crippen LogP contribution is 2.28. The van der Waals surface area contributed by atoms with E-state index in [4.69, 9.17) is 0 Å². The Morgan fingerprint density at radius 3 is 2.35 bits per heavy atom. The second-order valence-corrected chi connectivity index (χ2v) is 7.22. The molecule has 0 saturated carbocycles. The van der Waals surface area contributed by atoms with E-state index in [1.165, 1.54) is 4.90 Å². The molecule has 2 aromatic carbocycles. The van der Waals surface area contributed by atoms with Crippen LogP contribution in [-0.4, -0.2) is 32.4 Å². The molecule has 0 radical (unpaired) electrons. The molecule has 0 saturated heterocycles. The molecule has 31 heavy (non-hydrogen) atoms. The summed E-state index contributed by atoms with van der Waals surface area (Å²) in [7, 11) is 1.61. The largest absolute Gasteiger partial charge is 0.433 e. The van der Waals surface area contributed by atoms with Crippen molar-refractivity contribution in [1.82, 2.24) is 19.4 Å². The minimum atomic E-state index is -4.54. The Labute approximate surface area is 176 Å². The third kappa shape index (κ3) is 4.01. The van der Waals surface area contributed by atoms with E-state index in [1.54, 1.807) is 13.4 Å². The summed E-state index contributed by atoms with van der Waals surface area (Å²) in [5.74, 6) is -0.404. The van der Waals surface area contributed by atoms with E-state index in [9.17, 15) is 18.0 Å². The Morgan fingerprint density at radius 1 is 1.00 bits per heavy atom. The summed E-state index contributed by atoms with van der Waals surface area (Å²) in [4.78, 5) is 22.0. The fourth-order valence-electron chi connectivity index (χ4n) is 3.37. The lowest BCUT2D eigenvalue weighted by molar-refractivity contribution is -0.141. The minimum Gasteiger partial charge on any atom is -0.335 e. The molecule has 4 rings (SSSR count). The van der Waals surface area contributed by atoms with Crippen molar-refractivity contribution < 1.29 is 18.0 Å². The van der Waals surface area contributed by atoms with Crippen LogP contribution in [0.4, 0.5) is 13.2 Å². The van der Waals surface area contributed by atoms with Gasteiger partial charge in [0, 0.05) is 18.9 Å². The first-order chi connectivity index (χ1) is 14.8. The van der Waals surface area contributed by atoms with Crippen LogP contribution in [0.15, 0.2) is 73.2 Å². The first-order valence-corrected chi connectivity index (χ1v) is 9.58. The standard InChI is InChI=1S/C23H19F3N4O/c1-15(29(2)22(31)17-9-12-21(27-13-17)23(24,25)26)16-7-10-18(11-8-16)30-14-28-19-5-3-4-6-20(19)30/h3-15H,1-2H3. The van der Waals surface area contributed by atoms with Crippen LogP contribution in [0.5, 0.6) is 0 Å². The lowest BCUT2D eigenvalue weighted by atomic mass is 10.1. The minimum absolute atomic E-state index is 0.101. The van der Waals surface area contributed by atoms with Crippen LogP contribution in [-0.2, 0) is 6.18 Å². The molecule has 0 fully saturated rings. The topological polar surface area (TPSA) is 51.0 Å². The summed E-state index contributed by atoms with van der Waals surface area (Å²) in [5.41, 5.74) is 2.79. The number of imidazole rings is 1. The molecule has 4 aromatic rings. The van der Waals surface area contributed by atoms with Crippen molar-refractivity contribution in [3.8, 4) is 5.69 Å². The van der Waals surface area contributed by atoms with Gasteiger partial charge in [0.1, 0.15) is 12.0 Å². The van der Waals surface area contributed by atoms with E-state index in [0.717, 1.165) is 40.6 Å². The first kappa shape index (κ1) is 20.6. The number of aromatic nitrogens is 3. The van der Waals surface area contributed by atoms with Crippen molar-refractivity contribution in [2.45, 2.75) is 19.1 Å². The van der Waals surface area contributed by atoms with Gasteiger partial charge in [-0.2, -0.15) is 13.2 Å². The van der Waals surface area contributed by atoms with E-state index in [-0.39, 0.29) is 11.6 Å². The molecule has 0 spiro atoms. The normalized spacial score (nSPS) is 12.7. The molecular formula is C23H19F3N4O. The van der Waals surface area contributed by atoms with Gasteiger partial charge in [0.25, 0.3) is 5.91 Å². The van der Waals surface area contributed by atoms with Crippen molar-refractivity contribution in [3.05, 3.63) is 90.0 Å². The zero-order valence-corrected chi connectivity index (χ0v) is 16.8. The van der Waals surface area contributed by atoms with Gasteiger partial charge >= 0.3 is 6.18 Å². The Kier molecular flexibility index (Phi) is 5.22. The number of hydrogen-bond acceptors (Lipinski definition) is 3. The number of carbonyl (C=O) groups is 1. The Hall–Kier alpha value is -3.68. The van der Waals surface area contributed by atoms with E-state index >= 15 is 0 Å². The predicted molar refractivity (Wildman–Crippen MR) is 111 cm³/mol. The number of rotatable bonds is 4. The number of para-hydroxylation sites is 2. The maximum Gasteiger partial charge on any atom is 0.433 e. The van der Waals surface area contributed by atoms with Crippen LogP contribution < -0.4 is 0 Å².